The highest BCUT2D eigenvalue weighted by Crippen LogP contribution is 2.31. The highest BCUT2D eigenvalue weighted by molar-refractivity contribution is 6.00. The molecule has 4 rings (SSSR count). The maximum absolute atomic E-state index is 11.6. The van der Waals surface area contributed by atoms with E-state index in [0.29, 0.717) is 24.6 Å². The molecule has 0 aliphatic carbocycles. The number of hydrogen-bond acceptors (Lipinski definition) is 6. The average Bonchev–Trinajstić information content (AvgIpc) is 3.18. The number of nitrogens with zero attached hydrogens (tertiary/aromatic N) is 1. The molecule has 2 aliphatic heterocycles. The van der Waals surface area contributed by atoms with E-state index >= 15 is 0 Å². The molecule has 2 heterocycles. The van der Waals surface area contributed by atoms with Crippen molar-refractivity contribution in [3.05, 3.63) is 54.1 Å². The fourth-order valence-corrected chi connectivity index (χ4v) is 3.96. The predicted octanol–water partition coefficient (Wildman–Crippen LogP) is 2.80. The molecule has 0 aromatic heterocycles. The molecule has 1 atom stereocenters. The zero-order valence-electron chi connectivity index (χ0n) is 18.9. The van der Waals surface area contributed by atoms with Gasteiger partial charge in [0.2, 0.25) is 5.91 Å². The second-order valence-corrected chi connectivity index (χ2v) is 8.36. The zero-order valence-corrected chi connectivity index (χ0v) is 18.9. The summed E-state index contributed by atoms with van der Waals surface area (Å²) in [5.74, 6) is 1.30. The third-order valence-corrected chi connectivity index (χ3v) is 5.58. The number of nitrogens with one attached hydrogen (secondary N) is 1. The van der Waals surface area contributed by atoms with E-state index in [1.807, 2.05) is 48.5 Å². The van der Waals surface area contributed by atoms with Crippen LogP contribution in [-0.2, 0) is 16.0 Å². The molecule has 2 aromatic carbocycles. The van der Waals surface area contributed by atoms with Gasteiger partial charge in [-0.15, -0.1) is 0 Å². The second-order valence-electron chi connectivity index (χ2n) is 8.36. The van der Waals surface area contributed by atoms with Gasteiger partial charge in [-0.1, -0.05) is 24.3 Å². The number of aliphatic hydroxyl groups is 1. The number of carbonyl (C=O) groups is 2. The summed E-state index contributed by atoms with van der Waals surface area (Å²) in [6.45, 7) is 4.56. The highest BCUT2D eigenvalue weighted by atomic mass is 16.5. The smallest absolute Gasteiger partial charge is 0.300 e. The monoisotopic (exact) mass is 456 g/mol. The van der Waals surface area contributed by atoms with E-state index in [1.165, 1.54) is 0 Å². The van der Waals surface area contributed by atoms with Crippen LogP contribution in [0.5, 0.6) is 11.5 Å². The van der Waals surface area contributed by atoms with E-state index in [-0.39, 0.29) is 12.5 Å². The number of aliphatic carboxylic acids is 1. The van der Waals surface area contributed by atoms with Gasteiger partial charge in [0.05, 0.1) is 13.0 Å². The average molecular weight is 457 g/mol. The van der Waals surface area contributed by atoms with Gasteiger partial charge in [0.15, 0.2) is 0 Å². The lowest BCUT2D eigenvalue weighted by Gasteiger charge is -2.33. The van der Waals surface area contributed by atoms with E-state index in [9.17, 15) is 9.90 Å². The predicted molar refractivity (Wildman–Crippen MR) is 125 cm³/mol. The first kappa shape index (κ1) is 24.5. The lowest BCUT2D eigenvalue weighted by molar-refractivity contribution is -0.134. The van der Waals surface area contributed by atoms with Crippen molar-refractivity contribution in [3.8, 4) is 11.5 Å². The summed E-state index contributed by atoms with van der Waals surface area (Å²) < 4.78 is 11.7. The Kier molecular flexibility index (Phi) is 9.09. The molecule has 8 nitrogen and oxygen atoms in total. The van der Waals surface area contributed by atoms with Crippen molar-refractivity contribution in [2.24, 2.45) is 5.92 Å². The molecule has 178 valence electrons. The van der Waals surface area contributed by atoms with Crippen LogP contribution in [0.15, 0.2) is 48.5 Å². The summed E-state index contributed by atoms with van der Waals surface area (Å²) in [7, 11) is 0. The number of para-hydroxylation sites is 1. The van der Waals surface area contributed by atoms with Crippen molar-refractivity contribution in [1.29, 1.82) is 0 Å². The Labute approximate surface area is 194 Å². The van der Waals surface area contributed by atoms with Crippen LogP contribution in [0.3, 0.4) is 0 Å². The lowest BCUT2D eigenvalue weighted by Crippen LogP contribution is -2.41. The number of likely N-dealkylation sites (tertiary alicyclic amines) is 1. The van der Waals surface area contributed by atoms with E-state index in [4.69, 9.17) is 19.4 Å². The third-order valence-electron chi connectivity index (χ3n) is 5.58. The summed E-state index contributed by atoms with van der Waals surface area (Å²) >= 11 is 0. The Balaban J connectivity index is 0.000000709. The first-order valence-electron chi connectivity index (χ1n) is 11.2. The molecule has 2 aromatic rings. The molecule has 1 unspecified atom stereocenters. The van der Waals surface area contributed by atoms with Crippen molar-refractivity contribution in [3.63, 3.8) is 0 Å². The van der Waals surface area contributed by atoms with Crippen LogP contribution < -0.4 is 14.8 Å². The van der Waals surface area contributed by atoms with Gasteiger partial charge in [-0.2, -0.15) is 0 Å². The second kappa shape index (κ2) is 12.2. The molecule has 8 heteroatoms. The molecule has 0 saturated carbocycles. The SMILES string of the molecule is CC(=O)O.O=C1Cc2c(cccc2OCC(O)CN2CCC(COc3ccccc3)CC2)N1. The van der Waals surface area contributed by atoms with Crippen LogP contribution in [0.1, 0.15) is 25.3 Å². The molecule has 1 amide bonds. The molecule has 2 aliphatic rings. The molecule has 3 N–H and O–H groups in total. The fraction of sp³-hybridized carbons (Fsp3) is 0.440. The van der Waals surface area contributed by atoms with Gasteiger partial charge >= 0.3 is 0 Å². The number of β-amino-alcohol motifs (C(OH)–C–C–N with tert-alkyl or cyclic N) is 1. The molecule has 0 bridgehead atoms. The number of rotatable bonds is 8. The number of fused-ring (bicyclic) bond motifs is 1. The van der Waals surface area contributed by atoms with Gasteiger partial charge in [-0.05, 0) is 56.1 Å². The topological polar surface area (TPSA) is 108 Å². The zero-order chi connectivity index (χ0) is 23.6. The van der Waals surface area contributed by atoms with Crippen molar-refractivity contribution in [2.45, 2.75) is 32.3 Å². The van der Waals surface area contributed by atoms with Gasteiger partial charge in [-0.3, -0.25) is 9.59 Å². The third kappa shape index (κ3) is 8.07. The Hall–Kier alpha value is -3.10. The van der Waals surface area contributed by atoms with Crippen molar-refractivity contribution < 1.29 is 29.3 Å². The number of carboxylic acid groups (broad SMARTS) is 1. The molecular formula is C25H32N2O6. The van der Waals surface area contributed by atoms with Gasteiger partial charge in [-0.25, -0.2) is 0 Å². The normalized spacial score (nSPS) is 16.7. The van der Waals surface area contributed by atoms with Crippen LogP contribution in [0.2, 0.25) is 0 Å². The number of piperidine rings is 1. The van der Waals surface area contributed by atoms with Crippen LogP contribution >= 0.6 is 0 Å². The Bertz CT molecular complexity index is 908. The number of hydrogen-bond donors (Lipinski definition) is 3. The molecule has 0 radical (unpaired) electrons. The molecule has 0 spiro atoms. The lowest BCUT2D eigenvalue weighted by atomic mass is 9.97. The Morgan fingerprint density at radius 3 is 2.52 bits per heavy atom. The molecule has 33 heavy (non-hydrogen) atoms. The van der Waals surface area contributed by atoms with E-state index in [2.05, 4.69) is 10.2 Å². The van der Waals surface area contributed by atoms with Crippen LogP contribution in [-0.4, -0.2) is 65.9 Å². The summed E-state index contributed by atoms with van der Waals surface area (Å²) in [4.78, 5) is 22.9. The molecule has 1 fully saturated rings. The Morgan fingerprint density at radius 2 is 1.82 bits per heavy atom. The van der Waals surface area contributed by atoms with Crippen LogP contribution in [0, 0.1) is 5.92 Å². The van der Waals surface area contributed by atoms with E-state index in [0.717, 1.165) is 56.5 Å². The molecular weight excluding hydrogens is 424 g/mol. The number of benzene rings is 2. The van der Waals surface area contributed by atoms with Gasteiger partial charge in [0, 0.05) is 24.7 Å². The maximum atomic E-state index is 11.6. The van der Waals surface area contributed by atoms with Crippen molar-refractivity contribution in [1.82, 2.24) is 4.90 Å². The highest BCUT2D eigenvalue weighted by Gasteiger charge is 2.24. The van der Waals surface area contributed by atoms with Crippen LogP contribution in [0.25, 0.3) is 0 Å². The van der Waals surface area contributed by atoms with Crippen molar-refractivity contribution >= 4 is 17.6 Å². The number of anilines is 1. The quantitative estimate of drug-likeness (QED) is 0.561. The summed E-state index contributed by atoms with van der Waals surface area (Å²) in [5.41, 5.74) is 1.69. The van der Waals surface area contributed by atoms with E-state index in [1.54, 1.807) is 0 Å². The minimum atomic E-state index is -0.833. The summed E-state index contributed by atoms with van der Waals surface area (Å²) in [6, 6.07) is 15.5. The number of amides is 1. The largest absolute Gasteiger partial charge is 0.493 e. The fourth-order valence-electron chi connectivity index (χ4n) is 3.96. The van der Waals surface area contributed by atoms with Gasteiger partial charge < -0.3 is 29.9 Å². The van der Waals surface area contributed by atoms with Gasteiger partial charge in [0.1, 0.15) is 24.2 Å². The minimum absolute atomic E-state index is 0.0179. The van der Waals surface area contributed by atoms with Crippen LogP contribution in [0.4, 0.5) is 5.69 Å². The first-order valence-corrected chi connectivity index (χ1v) is 11.2. The standard InChI is InChI=1S/C23H28N2O4.C2H4O2/c26-18(16-29-22-8-4-7-21-20(22)13-23(27)24-21)14-25-11-9-17(10-12-25)15-28-19-5-2-1-3-6-19;1-2(3)4/h1-8,17-18,26H,9-16H2,(H,24,27);1H3,(H,3,4). The number of carbonyl (C=O) groups excluding carboxylic acids is 1. The minimum Gasteiger partial charge on any atom is -0.493 e. The first-order chi connectivity index (χ1) is 15.9. The number of aliphatic hydroxyl groups excluding tert-OH is 1. The summed E-state index contributed by atoms with van der Waals surface area (Å²) in [5, 5.41) is 20.6. The number of carboxylic acids is 1. The number of ether oxygens (including phenoxy) is 2. The summed E-state index contributed by atoms with van der Waals surface area (Å²) in [6.07, 6.45) is 1.91. The van der Waals surface area contributed by atoms with E-state index < -0.39 is 12.1 Å². The van der Waals surface area contributed by atoms with Crippen molar-refractivity contribution in [2.75, 3.05) is 38.2 Å². The maximum Gasteiger partial charge on any atom is 0.300 e. The van der Waals surface area contributed by atoms with Gasteiger partial charge in [0.25, 0.3) is 5.97 Å². The molecule has 1 saturated heterocycles. The Morgan fingerprint density at radius 1 is 1.12 bits per heavy atom.